The molecule has 5 heteroatoms. The molecule has 0 spiro atoms. The first-order chi connectivity index (χ1) is 9.61. The molecule has 3 rings (SSSR count). The van der Waals surface area contributed by atoms with Crippen LogP contribution in [0.4, 0.5) is 0 Å². The first-order valence-corrected chi connectivity index (χ1v) is 7.11. The van der Waals surface area contributed by atoms with Crippen molar-refractivity contribution >= 4 is 0 Å². The Hall–Kier alpha value is -1.75. The van der Waals surface area contributed by atoms with Crippen molar-refractivity contribution in [1.82, 2.24) is 20.0 Å². The predicted molar refractivity (Wildman–Crippen MR) is 75.2 cm³/mol. The molecule has 3 heterocycles. The lowest BCUT2D eigenvalue weighted by molar-refractivity contribution is 0.211. The number of fused-ring (bicyclic) bond motifs is 1. The Kier molecular flexibility index (Phi) is 3.53. The van der Waals surface area contributed by atoms with Gasteiger partial charge in [-0.15, -0.1) is 0 Å². The minimum atomic E-state index is 0.368. The Balaban J connectivity index is 1.75. The molecule has 2 aromatic rings. The zero-order valence-corrected chi connectivity index (χ0v) is 12.3. The summed E-state index contributed by atoms with van der Waals surface area (Å²) in [6, 6.07) is 2.00. The lowest BCUT2D eigenvalue weighted by Gasteiger charge is -2.27. The van der Waals surface area contributed by atoms with Gasteiger partial charge < -0.3 is 4.52 Å². The standard InChI is InChI=1S/C15H20N4O/c1-10(2)15-16-7-12-4-5-19(9-14(12)17-15)8-13-6-11(3)18-20-13/h6-7,10H,4-5,8-9H2,1-3H3. The number of aryl methyl sites for hydroxylation is 1. The second-order valence-corrected chi connectivity index (χ2v) is 5.75. The average Bonchev–Trinajstić information content (AvgIpc) is 2.83. The van der Waals surface area contributed by atoms with Crippen LogP contribution in [0.5, 0.6) is 0 Å². The first-order valence-electron chi connectivity index (χ1n) is 7.11. The number of hydrogen-bond donors (Lipinski definition) is 0. The molecule has 0 radical (unpaired) electrons. The summed E-state index contributed by atoms with van der Waals surface area (Å²) in [7, 11) is 0. The van der Waals surface area contributed by atoms with Gasteiger partial charge in [-0.1, -0.05) is 19.0 Å². The first kappa shape index (κ1) is 13.2. The summed E-state index contributed by atoms with van der Waals surface area (Å²) in [4.78, 5) is 11.5. The molecule has 0 unspecified atom stereocenters. The number of aromatic nitrogens is 3. The van der Waals surface area contributed by atoms with Gasteiger partial charge in [0, 0.05) is 31.3 Å². The smallest absolute Gasteiger partial charge is 0.150 e. The summed E-state index contributed by atoms with van der Waals surface area (Å²) < 4.78 is 5.29. The zero-order valence-electron chi connectivity index (χ0n) is 12.3. The number of rotatable bonds is 3. The molecule has 0 aromatic carbocycles. The Labute approximate surface area is 119 Å². The quantitative estimate of drug-likeness (QED) is 0.859. The zero-order chi connectivity index (χ0) is 14.1. The van der Waals surface area contributed by atoms with Crippen molar-refractivity contribution in [2.75, 3.05) is 6.54 Å². The van der Waals surface area contributed by atoms with Crippen molar-refractivity contribution < 1.29 is 4.52 Å². The van der Waals surface area contributed by atoms with Crippen molar-refractivity contribution in [2.24, 2.45) is 0 Å². The third kappa shape index (κ3) is 2.72. The highest BCUT2D eigenvalue weighted by molar-refractivity contribution is 5.21. The van der Waals surface area contributed by atoms with Crippen LogP contribution in [0, 0.1) is 6.92 Å². The summed E-state index contributed by atoms with van der Waals surface area (Å²) in [5.41, 5.74) is 3.37. The molecule has 1 aliphatic rings. The summed E-state index contributed by atoms with van der Waals surface area (Å²) in [5, 5.41) is 3.94. The van der Waals surface area contributed by atoms with Gasteiger partial charge in [-0.05, 0) is 18.9 Å². The van der Waals surface area contributed by atoms with Crippen molar-refractivity contribution in [3.63, 3.8) is 0 Å². The van der Waals surface area contributed by atoms with Crippen molar-refractivity contribution in [1.29, 1.82) is 0 Å². The average molecular weight is 272 g/mol. The number of nitrogens with zero attached hydrogens (tertiary/aromatic N) is 4. The van der Waals surface area contributed by atoms with Crippen LogP contribution in [0.25, 0.3) is 0 Å². The second-order valence-electron chi connectivity index (χ2n) is 5.75. The van der Waals surface area contributed by atoms with Crippen LogP contribution in [0.15, 0.2) is 16.8 Å². The van der Waals surface area contributed by atoms with E-state index in [0.717, 1.165) is 49.0 Å². The van der Waals surface area contributed by atoms with Gasteiger partial charge in [0.25, 0.3) is 0 Å². The maximum Gasteiger partial charge on any atom is 0.150 e. The Bertz CT molecular complexity index is 606. The fourth-order valence-electron chi connectivity index (χ4n) is 2.50. The largest absolute Gasteiger partial charge is 0.360 e. The Morgan fingerprint density at radius 1 is 1.40 bits per heavy atom. The predicted octanol–water partition coefficient (Wildman–Crippen LogP) is 2.45. The molecular weight excluding hydrogens is 252 g/mol. The van der Waals surface area contributed by atoms with E-state index in [4.69, 9.17) is 9.51 Å². The highest BCUT2D eigenvalue weighted by Gasteiger charge is 2.20. The molecule has 1 aliphatic heterocycles. The fourth-order valence-corrected chi connectivity index (χ4v) is 2.50. The monoisotopic (exact) mass is 272 g/mol. The molecular formula is C15H20N4O. The lowest BCUT2D eigenvalue weighted by atomic mass is 10.1. The van der Waals surface area contributed by atoms with E-state index < -0.39 is 0 Å². The van der Waals surface area contributed by atoms with E-state index in [-0.39, 0.29) is 0 Å². The van der Waals surface area contributed by atoms with E-state index in [2.05, 4.69) is 28.9 Å². The molecule has 0 fully saturated rings. The molecule has 0 N–H and O–H groups in total. The van der Waals surface area contributed by atoms with Gasteiger partial charge in [0.15, 0.2) is 5.76 Å². The third-order valence-electron chi connectivity index (χ3n) is 3.62. The molecule has 0 amide bonds. The molecule has 0 saturated heterocycles. The molecule has 2 aromatic heterocycles. The van der Waals surface area contributed by atoms with Crippen LogP contribution in [0.1, 0.15) is 48.3 Å². The van der Waals surface area contributed by atoms with E-state index in [0.29, 0.717) is 5.92 Å². The normalized spacial score (nSPS) is 15.6. The number of hydrogen-bond acceptors (Lipinski definition) is 5. The maximum absolute atomic E-state index is 5.29. The van der Waals surface area contributed by atoms with Crippen LogP contribution in [-0.4, -0.2) is 26.6 Å². The highest BCUT2D eigenvalue weighted by Crippen LogP contribution is 2.20. The van der Waals surface area contributed by atoms with Gasteiger partial charge in [0.1, 0.15) is 5.82 Å². The lowest BCUT2D eigenvalue weighted by Crippen LogP contribution is -2.31. The summed E-state index contributed by atoms with van der Waals surface area (Å²) in [6.07, 6.45) is 2.99. The topological polar surface area (TPSA) is 55.1 Å². The van der Waals surface area contributed by atoms with Crippen molar-refractivity contribution in [2.45, 2.75) is 46.2 Å². The van der Waals surface area contributed by atoms with Crippen molar-refractivity contribution in [3.8, 4) is 0 Å². The van der Waals surface area contributed by atoms with Crippen LogP contribution >= 0.6 is 0 Å². The minimum absolute atomic E-state index is 0.368. The molecule has 0 aliphatic carbocycles. The highest BCUT2D eigenvalue weighted by atomic mass is 16.5. The van der Waals surface area contributed by atoms with Crippen LogP contribution < -0.4 is 0 Å². The maximum atomic E-state index is 5.29. The van der Waals surface area contributed by atoms with Gasteiger partial charge in [0.2, 0.25) is 0 Å². The van der Waals surface area contributed by atoms with Crippen LogP contribution in [0.3, 0.4) is 0 Å². The van der Waals surface area contributed by atoms with E-state index in [1.807, 2.05) is 19.2 Å². The van der Waals surface area contributed by atoms with E-state index in [1.165, 1.54) is 5.56 Å². The van der Waals surface area contributed by atoms with E-state index in [9.17, 15) is 0 Å². The second kappa shape index (κ2) is 5.32. The summed E-state index contributed by atoms with van der Waals surface area (Å²) >= 11 is 0. The van der Waals surface area contributed by atoms with Gasteiger partial charge >= 0.3 is 0 Å². The molecule has 5 nitrogen and oxygen atoms in total. The third-order valence-corrected chi connectivity index (χ3v) is 3.62. The van der Waals surface area contributed by atoms with Crippen LogP contribution in [-0.2, 0) is 19.5 Å². The molecule has 0 bridgehead atoms. The van der Waals surface area contributed by atoms with Gasteiger partial charge in [-0.25, -0.2) is 9.97 Å². The van der Waals surface area contributed by atoms with Crippen LogP contribution in [0.2, 0.25) is 0 Å². The fraction of sp³-hybridized carbons (Fsp3) is 0.533. The summed E-state index contributed by atoms with van der Waals surface area (Å²) in [6.45, 7) is 8.86. The van der Waals surface area contributed by atoms with Gasteiger partial charge in [-0.2, -0.15) is 0 Å². The SMILES string of the molecule is Cc1cc(CN2CCc3cnc(C(C)C)nc3C2)on1. The van der Waals surface area contributed by atoms with Crippen molar-refractivity contribution in [3.05, 3.63) is 40.8 Å². The Morgan fingerprint density at radius 3 is 2.95 bits per heavy atom. The molecule has 20 heavy (non-hydrogen) atoms. The molecule has 0 atom stereocenters. The minimum Gasteiger partial charge on any atom is -0.360 e. The molecule has 0 saturated carbocycles. The summed E-state index contributed by atoms with van der Waals surface area (Å²) in [5.74, 6) is 2.22. The molecule has 106 valence electrons. The van der Waals surface area contributed by atoms with Gasteiger partial charge in [-0.3, -0.25) is 4.90 Å². The van der Waals surface area contributed by atoms with E-state index >= 15 is 0 Å². The van der Waals surface area contributed by atoms with Gasteiger partial charge in [0.05, 0.1) is 17.9 Å². The Morgan fingerprint density at radius 2 is 2.25 bits per heavy atom. The van der Waals surface area contributed by atoms with E-state index in [1.54, 1.807) is 0 Å².